The maximum Gasteiger partial charge on any atom is 2.00 e. The summed E-state index contributed by atoms with van der Waals surface area (Å²) in [5.41, 5.74) is 1.52. The molecule has 0 aliphatic rings. The van der Waals surface area contributed by atoms with Crippen molar-refractivity contribution >= 4 is 37.4 Å². The van der Waals surface area contributed by atoms with Crippen LogP contribution in [-0.4, -0.2) is 18.4 Å². The first-order valence-electron chi connectivity index (χ1n) is 12.3. The number of rotatable bonds is 3. The van der Waals surface area contributed by atoms with Crippen LogP contribution in [0.15, 0.2) is 133 Å². The Kier molecular flexibility index (Phi) is 11.3. The van der Waals surface area contributed by atoms with Gasteiger partial charge in [0.15, 0.2) is 0 Å². The van der Waals surface area contributed by atoms with Crippen molar-refractivity contribution < 1.29 is 42.0 Å². The molecule has 5 nitrogen and oxygen atoms in total. The van der Waals surface area contributed by atoms with E-state index in [-0.39, 0.29) is 25.3 Å². The van der Waals surface area contributed by atoms with Crippen LogP contribution in [0.5, 0.6) is 0 Å². The Morgan fingerprint density at radius 2 is 1.38 bits per heavy atom. The average molecular weight is 678 g/mol. The normalized spacial score (nSPS) is 10.9. The minimum absolute atomic E-state index is 0. The predicted molar refractivity (Wildman–Crippen MR) is 155 cm³/mol. The van der Waals surface area contributed by atoms with E-state index in [1.165, 1.54) is 12.1 Å². The van der Waals surface area contributed by atoms with Crippen LogP contribution < -0.4 is 0 Å². The Morgan fingerprint density at radius 3 is 1.95 bits per heavy atom. The predicted octanol–water partition coefficient (Wildman–Crippen LogP) is 8.68. The molecule has 0 atom stereocenters. The van der Waals surface area contributed by atoms with Crippen LogP contribution in [0.1, 0.15) is 11.1 Å². The molecule has 6 rings (SSSR count). The smallest absolute Gasteiger partial charge is 0.572 e. The molecule has 0 aliphatic heterocycles. The molecule has 0 bridgehead atoms. The Labute approximate surface area is 256 Å². The van der Waals surface area contributed by atoms with E-state index >= 15 is 0 Å². The summed E-state index contributed by atoms with van der Waals surface area (Å²) in [6.45, 7) is 1.91. The van der Waals surface area contributed by atoms with E-state index < -0.39 is 21.8 Å². The van der Waals surface area contributed by atoms with E-state index in [0.717, 1.165) is 39.4 Å². The van der Waals surface area contributed by atoms with Crippen molar-refractivity contribution in [3.05, 3.63) is 150 Å². The van der Waals surface area contributed by atoms with E-state index in [0.29, 0.717) is 5.69 Å². The van der Waals surface area contributed by atoms with Crippen molar-refractivity contribution in [2.75, 3.05) is 0 Å². The van der Waals surface area contributed by atoms with Crippen molar-refractivity contribution in [3.63, 3.8) is 0 Å². The Bertz CT molecular complexity index is 1790. The van der Waals surface area contributed by atoms with Gasteiger partial charge in [0.05, 0.1) is 10.4 Å². The zero-order valence-corrected chi connectivity index (χ0v) is 24.5. The second-order valence-corrected chi connectivity index (χ2v) is 10.3. The SMILES string of the molecule is Cc1ccc(S(=O)(=O)[N-]c2cccc3ccc4cccnc4c23)cc1.FC(F)(F)c1cc[c-]cc1.[Pd+2].c1ccncc1. The molecule has 6 aromatic rings. The maximum absolute atomic E-state index is 12.7. The number of hydrogen-bond acceptors (Lipinski definition) is 4. The molecule has 2 heterocycles. The monoisotopic (exact) mass is 677 g/mol. The number of sulfonamides is 1. The summed E-state index contributed by atoms with van der Waals surface area (Å²) in [7, 11) is -3.79. The van der Waals surface area contributed by atoms with Crippen LogP contribution in [0.4, 0.5) is 18.9 Å². The van der Waals surface area contributed by atoms with Gasteiger partial charge in [-0.05, 0) is 48.0 Å². The molecule has 4 aromatic carbocycles. The van der Waals surface area contributed by atoms with Crippen LogP contribution in [-0.2, 0) is 36.6 Å². The van der Waals surface area contributed by atoms with E-state index in [9.17, 15) is 21.6 Å². The number of aromatic nitrogens is 2. The third kappa shape index (κ3) is 8.70. The van der Waals surface area contributed by atoms with Crippen molar-refractivity contribution in [2.24, 2.45) is 0 Å². The zero-order valence-electron chi connectivity index (χ0n) is 22.1. The van der Waals surface area contributed by atoms with Crippen molar-refractivity contribution in [1.29, 1.82) is 0 Å². The Morgan fingerprint density at radius 1 is 0.738 bits per heavy atom. The largest absolute Gasteiger partial charge is 2.00 e. The van der Waals surface area contributed by atoms with Crippen LogP contribution >= 0.6 is 0 Å². The number of benzene rings is 4. The van der Waals surface area contributed by atoms with Gasteiger partial charge in [-0.1, -0.05) is 65.7 Å². The van der Waals surface area contributed by atoms with Gasteiger partial charge in [0.2, 0.25) is 0 Å². The van der Waals surface area contributed by atoms with Crippen molar-refractivity contribution in [2.45, 2.75) is 18.0 Å². The molecule has 0 spiro atoms. The molecule has 0 amide bonds. The minimum atomic E-state index is -4.23. The van der Waals surface area contributed by atoms with Gasteiger partial charge in [-0.2, -0.15) is 43.5 Å². The van der Waals surface area contributed by atoms with Crippen LogP contribution in [0.3, 0.4) is 0 Å². The molecule has 0 saturated heterocycles. The molecular formula is C32H24F3N3O2PdS. The molecular weight excluding hydrogens is 654 g/mol. The van der Waals surface area contributed by atoms with Gasteiger partial charge in [0, 0.05) is 24.0 Å². The molecule has 0 fully saturated rings. The summed E-state index contributed by atoms with van der Waals surface area (Å²) in [5.74, 6) is 0. The molecule has 42 heavy (non-hydrogen) atoms. The number of halogens is 3. The minimum Gasteiger partial charge on any atom is -0.572 e. The molecule has 0 saturated carbocycles. The first-order chi connectivity index (χ1) is 19.6. The summed E-state index contributed by atoms with van der Waals surface area (Å²) < 4.78 is 64.8. The molecule has 10 heteroatoms. The molecule has 216 valence electrons. The summed E-state index contributed by atoms with van der Waals surface area (Å²) in [6.07, 6.45) is 0.974. The molecule has 0 aliphatic carbocycles. The zero-order chi connectivity index (χ0) is 29.3. The van der Waals surface area contributed by atoms with Crippen LogP contribution in [0, 0.1) is 13.0 Å². The number of nitrogens with zero attached hydrogens (tertiary/aromatic N) is 3. The van der Waals surface area contributed by atoms with Crippen LogP contribution in [0.25, 0.3) is 26.4 Å². The van der Waals surface area contributed by atoms with Gasteiger partial charge in [0.1, 0.15) is 10.0 Å². The van der Waals surface area contributed by atoms with Crippen LogP contribution in [0.2, 0.25) is 0 Å². The molecule has 0 radical (unpaired) electrons. The first-order valence-corrected chi connectivity index (χ1v) is 13.8. The summed E-state index contributed by atoms with van der Waals surface area (Å²) in [4.78, 5) is 8.40. The van der Waals surface area contributed by atoms with Gasteiger partial charge in [-0.15, -0.1) is 5.69 Å². The van der Waals surface area contributed by atoms with Crippen molar-refractivity contribution in [3.8, 4) is 0 Å². The van der Waals surface area contributed by atoms with E-state index in [1.807, 2.05) is 55.5 Å². The van der Waals surface area contributed by atoms with E-state index in [4.69, 9.17) is 0 Å². The number of fused-ring (bicyclic) bond motifs is 3. The summed E-state index contributed by atoms with van der Waals surface area (Å²) in [5, 5.41) is 2.60. The quantitative estimate of drug-likeness (QED) is 0.107. The Hall–Kier alpha value is -4.10. The number of alkyl halides is 3. The topological polar surface area (TPSA) is 74.0 Å². The molecule has 0 unspecified atom stereocenters. The van der Waals surface area contributed by atoms with Gasteiger partial charge in [0.25, 0.3) is 0 Å². The number of pyridine rings is 2. The fraction of sp³-hybridized carbons (Fsp3) is 0.0625. The molecule has 0 N–H and O–H groups in total. The third-order valence-electron chi connectivity index (χ3n) is 5.74. The fourth-order valence-electron chi connectivity index (χ4n) is 3.75. The standard InChI is InChI=1S/C20H15N2O2S.C7H4F3.C5H5N.Pd/c1-14-7-11-17(12-8-14)25(23,24)22-18-6-2-4-15-9-10-16-5-3-13-21-20(16)19(15)18;8-7(9,10)6-4-2-1-3-5-6;1-2-4-6-5-3-1;/h2-13H,1H3;2-5H;1-5H;/q2*-1;;+2. The van der Waals surface area contributed by atoms with E-state index in [1.54, 1.807) is 55.0 Å². The fourth-order valence-corrected chi connectivity index (χ4v) is 4.75. The van der Waals surface area contributed by atoms with Gasteiger partial charge >= 0.3 is 26.6 Å². The maximum atomic E-state index is 12.7. The number of aryl methyl sites for hydroxylation is 1. The average Bonchev–Trinajstić information content (AvgIpc) is 2.99. The first kappa shape index (κ1) is 32.4. The van der Waals surface area contributed by atoms with Gasteiger partial charge < -0.3 is 4.72 Å². The second-order valence-electron chi connectivity index (χ2n) is 8.71. The van der Waals surface area contributed by atoms with E-state index in [2.05, 4.69) is 20.8 Å². The van der Waals surface area contributed by atoms with Gasteiger partial charge in [-0.3, -0.25) is 9.97 Å². The molecule has 2 aromatic heterocycles. The second kappa shape index (κ2) is 14.7. The van der Waals surface area contributed by atoms with Gasteiger partial charge in [-0.25, -0.2) is 8.42 Å². The third-order valence-corrected chi connectivity index (χ3v) is 7.05. The van der Waals surface area contributed by atoms with Crippen molar-refractivity contribution in [1.82, 2.24) is 9.97 Å². The Balaban J connectivity index is 0.000000234. The number of hydrogen-bond donors (Lipinski definition) is 0. The summed E-state index contributed by atoms with van der Waals surface area (Å²) in [6, 6.07) is 32.5. The summed E-state index contributed by atoms with van der Waals surface area (Å²) >= 11 is 0.